The van der Waals surface area contributed by atoms with E-state index in [1.165, 1.54) is 24.3 Å². The molecule has 0 radical (unpaired) electrons. The van der Waals surface area contributed by atoms with Crippen molar-refractivity contribution in [1.29, 1.82) is 0 Å². The lowest BCUT2D eigenvalue weighted by molar-refractivity contribution is 0.0527. The number of hydrogen-bond acceptors (Lipinski definition) is 7. The fraction of sp³-hybridized carbons (Fsp3) is 0.333. The minimum atomic E-state index is -3.25. The summed E-state index contributed by atoms with van der Waals surface area (Å²) in [5.41, 5.74) is 0.986. The highest BCUT2D eigenvalue weighted by Gasteiger charge is 2.32. The molecule has 11 heteroatoms. The summed E-state index contributed by atoms with van der Waals surface area (Å²) < 4.78 is 53.8. The largest absolute Gasteiger partial charge is 0.462 e. The molecule has 1 aromatic heterocycles. The summed E-state index contributed by atoms with van der Waals surface area (Å²) >= 11 is 1.41. The van der Waals surface area contributed by atoms with E-state index < -0.39 is 27.5 Å². The van der Waals surface area contributed by atoms with Crippen molar-refractivity contribution < 1.29 is 31.5 Å². The van der Waals surface area contributed by atoms with Crippen LogP contribution < -0.4 is 5.32 Å². The highest BCUT2D eigenvalue weighted by molar-refractivity contribution is 7.99. The van der Waals surface area contributed by atoms with Gasteiger partial charge in [0.15, 0.2) is 9.84 Å². The van der Waals surface area contributed by atoms with Gasteiger partial charge in [0.2, 0.25) is 0 Å². The number of ether oxygens (including phenoxy) is 1. The van der Waals surface area contributed by atoms with Gasteiger partial charge in [-0.2, -0.15) is 8.78 Å². The maximum absolute atomic E-state index is 12.6. The Balaban J connectivity index is 1.88. The topological polar surface area (TPSA) is 89.5 Å². The second kappa shape index (κ2) is 8.80. The molecule has 1 N–H and O–H groups in total. The van der Waals surface area contributed by atoms with E-state index in [-0.39, 0.29) is 40.7 Å². The molecule has 2 heterocycles. The number of carbonyl (C=O) groups is 2. The summed E-state index contributed by atoms with van der Waals surface area (Å²) in [6, 6.07) is 5.62. The number of anilines is 1. The van der Waals surface area contributed by atoms with Gasteiger partial charge in [-0.3, -0.25) is 4.79 Å². The van der Waals surface area contributed by atoms with Gasteiger partial charge in [0.25, 0.3) is 11.7 Å². The van der Waals surface area contributed by atoms with Crippen molar-refractivity contribution in [2.45, 2.75) is 29.8 Å². The lowest BCUT2D eigenvalue weighted by Crippen LogP contribution is -2.20. The molecule has 0 spiro atoms. The van der Waals surface area contributed by atoms with Gasteiger partial charge in [-0.1, -0.05) is 11.8 Å². The van der Waals surface area contributed by atoms with Gasteiger partial charge < -0.3 is 10.1 Å². The van der Waals surface area contributed by atoms with E-state index in [2.05, 4.69) is 5.32 Å². The van der Waals surface area contributed by atoms with Crippen molar-refractivity contribution in [2.75, 3.05) is 17.7 Å². The van der Waals surface area contributed by atoms with E-state index in [9.17, 15) is 26.8 Å². The second-order valence-corrected chi connectivity index (χ2v) is 10.5. The van der Waals surface area contributed by atoms with Crippen LogP contribution in [0.1, 0.15) is 38.1 Å². The van der Waals surface area contributed by atoms with Gasteiger partial charge in [0.05, 0.1) is 23.7 Å². The lowest BCUT2D eigenvalue weighted by atomic mass is 10.1. The fourth-order valence-electron chi connectivity index (χ4n) is 2.89. The average Bonchev–Trinajstić information content (AvgIpc) is 2.97. The number of esters is 1. The predicted molar refractivity (Wildman–Crippen MR) is 108 cm³/mol. The third kappa shape index (κ3) is 5.14. The SMILES string of the molecule is CCOC(=O)c1c(NC(=O)c2ccc(SC(F)F)cc2)sc2c1CCS(=O)(=O)C2. The van der Waals surface area contributed by atoms with Crippen LogP contribution in [0.2, 0.25) is 0 Å². The van der Waals surface area contributed by atoms with Crippen LogP contribution in [0, 0.1) is 0 Å². The normalized spacial score (nSPS) is 15.0. The number of sulfone groups is 1. The van der Waals surface area contributed by atoms with Crippen LogP contribution in [0.5, 0.6) is 0 Å². The minimum absolute atomic E-state index is 0.0697. The highest BCUT2D eigenvalue weighted by atomic mass is 32.2. The molecule has 0 atom stereocenters. The first kappa shape index (κ1) is 21.7. The molecule has 3 rings (SSSR count). The van der Waals surface area contributed by atoms with Crippen molar-refractivity contribution in [3.8, 4) is 0 Å². The molecule has 0 bridgehead atoms. The number of alkyl halides is 2. The Kier molecular flexibility index (Phi) is 6.59. The van der Waals surface area contributed by atoms with Crippen LogP contribution in [0.15, 0.2) is 29.2 Å². The summed E-state index contributed by atoms with van der Waals surface area (Å²) in [4.78, 5) is 25.9. The summed E-state index contributed by atoms with van der Waals surface area (Å²) in [6.45, 7) is 1.79. The molecule has 0 fully saturated rings. The third-order valence-corrected chi connectivity index (χ3v) is 7.76. The quantitative estimate of drug-likeness (QED) is 0.517. The van der Waals surface area contributed by atoms with Crippen molar-refractivity contribution in [1.82, 2.24) is 0 Å². The van der Waals surface area contributed by atoms with Crippen LogP contribution in [0.4, 0.5) is 13.8 Å². The molecule has 1 amide bonds. The Morgan fingerprint density at radius 1 is 1.28 bits per heavy atom. The molecule has 0 saturated carbocycles. The Bertz CT molecular complexity index is 1030. The lowest BCUT2D eigenvalue weighted by Gasteiger charge is -2.13. The molecule has 0 unspecified atom stereocenters. The molecule has 2 aromatic rings. The van der Waals surface area contributed by atoms with Crippen molar-refractivity contribution >= 4 is 49.8 Å². The number of thioether (sulfide) groups is 1. The molecule has 1 aromatic carbocycles. The van der Waals surface area contributed by atoms with Crippen molar-refractivity contribution in [3.63, 3.8) is 0 Å². The Morgan fingerprint density at radius 3 is 2.59 bits per heavy atom. The van der Waals surface area contributed by atoms with Crippen molar-refractivity contribution in [2.24, 2.45) is 0 Å². The average molecular weight is 462 g/mol. The Hall–Kier alpha value is -1.98. The number of halogens is 2. The first-order valence-corrected chi connectivity index (χ1v) is 12.1. The summed E-state index contributed by atoms with van der Waals surface area (Å²) in [7, 11) is -3.25. The number of fused-ring (bicyclic) bond motifs is 1. The van der Waals surface area contributed by atoms with Crippen LogP contribution in [0.3, 0.4) is 0 Å². The van der Waals surface area contributed by atoms with E-state index in [0.29, 0.717) is 27.1 Å². The molecule has 6 nitrogen and oxygen atoms in total. The zero-order valence-corrected chi connectivity index (χ0v) is 17.7. The molecular weight excluding hydrogens is 444 g/mol. The number of hydrogen-bond donors (Lipinski definition) is 1. The van der Waals surface area contributed by atoms with Crippen LogP contribution in [-0.4, -0.2) is 38.4 Å². The van der Waals surface area contributed by atoms with Gasteiger partial charge in [-0.05, 0) is 43.2 Å². The molecule has 29 heavy (non-hydrogen) atoms. The fourth-order valence-corrected chi connectivity index (χ4v) is 6.43. The van der Waals surface area contributed by atoms with E-state index in [1.807, 2.05) is 0 Å². The highest BCUT2D eigenvalue weighted by Crippen LogP contribution is 2.38. The first-order valence-electron chi connectivity index (χ1n) is 8.58. The van der Waals surface area contributed by atoms with E-state index >= 15 is 0 Å². The maximum Gasteiger partial charge on any atom is 0.341 e. The van der Waals surface area contributed by atoms with Crippen LogP contribution in [0.25, 0.3) is 0 Å². The molecule has 156 valence electrons. The molecule has 0 aliphatic carbocycles. The number of carbonyl (C=O) groups excluding carboxylic acids is 2. The molecule has 1 aliphatic rings. The van der Waals surface area contributed by atoms with Gasteiger partial charge in [0, 0.05) is 15.3 Å². The smallest absolute Gasteiger partial charge is 0.341 e. The van der Waals surface area contributed by atoms with Gasteiger partial charge in [0.1, 0.15) is 5.00 Å². The minimum Gasteiger partial charge on any atom is -0.462 e. The van der Waals surface area contributed by atoms with Crippen LogP contribution in [-0.2, 0) is 26.7 Å². The summed E-state index contributed by atoms with van der Waals surface area (Å²) in [5, 5.41) is 2.86. The number of nitrogens with one attached hydrogen (secondary N) is 1. The van der Waals surface area contributed by atoms with Gasteiger partial charge in [-0.25, -0.2) is 13.2 Å². The number of thiophene rings is 1. The first-order chi connectivity index (χ1) is 13.7. The number of benzene rings is 1. The second-order valence-electron chi connectivity index (χ2n) is 6.13. The summed E-state index contributed by atoms with van der Waals surface area (Å²) in [5.74, 6) is -3.97. The van der Waals surface area contributed by atoms with Gasteiger partial charge >= 0.3 is 5.97 Å². The number of amides is 1. The third-order valence-electron chi connectivity index (χ3n) is 4.15. The number of rotatable bonds is 6. The van der Waals surface area contributed by atoms with E-state index in [4.69, 9.17) is 4.74 Å². The van der Waals surface area contributed by atoms with Crippen molar-refractivity contribution in [3.05, 3.63) is 45.8 Å². The Labute approximate surface area is 174 Å². The molecule has 1 aliphatic heterocycles. The zero-order valence-electron chi connectivity index (χ0n) is 15.2. The molecule has 0 saturated heterocycles. The predicted octanol–water partition coefficient (Wildman–Crippen LogP) is 3.96. The summed E-state index contributed by atoms with van der Waals surface area (Å²) in [6.07, 6.45) is 0.178. The van der Waals surface area contributed by atoms with Crippen LogP contribution >= 0.6 is 23.1 Å². The maximum atomic E-state index is 12.6. The zero-order chi connectivity index (χ0) is 21.2. The monoisotopic (exact) mass is 461 g/mol. The van der Waals surface area contributed by atoms with Gasteiger partial charge in [-0.15, -0.1) is 11.3 Å². The molecular formula is C18H17F2NO5S3. The van der Waals surface area contributed by atoms with E-state index in [1.54, 1.807) is 6.92 Å². The van der Waals surface area contributed by atoms with E-state index in [0.717, 1.165) is 11.3 Å². The Morgan fingerprint density at radius 2 is 1.97 bits per heavy atom. The standard InChI is InChI=1S/C18H17F2NO5S3/c1-2-26-17(23)14-12-7-8-29(24,25)9-13(12)28-16(14)21-15(22)10-3-5-11(6-4-10)27-18(19)20/h3-6,18H,2,7-9H2,1H3,(H,21,22).